The highest BCUT2D eigenvalue weighted by Gasteiger charge is 2.50. The van der Waals surface area contributed by atoms with E-state index in [1.807, 2.05) is 47.4 Å². The number of amides is 1. The van der Waals surface area contributed by atoms with E-state index in [4.69, 9.17) is 11.3 Å². The smallest absolute Gasteiger partial charge is 0.237 e. The third kappa shape index (κ3) is 2.55. The summed E-state index contributed by atoms with van der Waals surface area (Å²) in [5.74, 6) is 1.01. The van der Waals surface area contributed by atoms with Crippen molar-refractivity contribution in [3.8, 4) is 5.75 Å². The van der Waals surface area contributed by atoms with Gasteiger partial charge in [0.15, 0.2) is 5.69 Å². The molecule has 0 radical (unpaired) electrons. The van der Waals surface area contributed by atoms with Crippen LogP contribution < -0.4 is 9.64 Å². The zero-order chi connectivity index (χ0) is 18.1. The molecule has 2 aromatic rings. The van der Waals surface area contributed by atoms with Gasteiger partial charge in [-0.3, -0.25) is 4.79 Å². The van der Waals surface area contributed by atoms with Crippen LogP contribution in [0.15, 0.2) is 42.5 Å². The molecule has 1 aliphatic heterocycles. The average Bonchev–Trinajstić information content (AvgIpc) is 2.91. The minimum atomic E-state index is -0.430. The first kappa shape index (κ1) is 16.7. The number of hydrogen-bond donors (Lipinski definition) is 0. The summed E-state index contributed by atoms with van der Waals surface area (Å²) < 4.78 is 5.22. The zero-order valence-corrected chi connectivity index (χ0v) is 15.0. The van der Waals surface area contributed by atoms with Gasteiger partial charge in [-0.25, -0.2) is 4.85 Å². The number of fused-ring (bicyclic) bond motifs is 2. The number of rotatable bonds is 3. The molecule has 1 aliphatic carbocycles. The Bertz CT molecular complexity index is 874. The predicted octanol–water partition coefficient (Wildman–Crippen LogP) is 4.99. The maximum Gasteiger partial charge on any atom is 0.237 e. The van der Waals surface area contributed by atoms with Crippen molar-refractivity contribution in [3.63, 3.8) is 0 Å². The monoisotopic (exact) mass is 346 g/mol. The van der Waals surface area contributed by atoms with Crippen LogP contribution in [0.3, 0.4) is 0 Å². The van der Waals surface area contributed by atoms with Gasteiger partial charge in [-0.05, 0) is 42.2 Å². The largest absolute Gasteiger partial charge is 0.497 e. The lowest BCUT2D eigenvalue weighted by molar-refractivity contribution is -0.124. The normalized spacial score (nSPS) is 17.8. The quantitative estimate of drug-likeness (QED) is 0.733. The SMILES string of the molecule is [C-]#[N+]c1ccc2c(c1)C1(CCCCC1)C(=O)N2Cc1ccc(OC)cc1. The minimum absolute atomic E-state index is 0.199. The molecule has 1 amide bonds. The van der Waals surface area contributed by atoms with E-state index in [0.29, 0.717) is 12.2 Å². The summed E-state index contributed by atoms with van der Waals surface area (Å²) in [4.78, 5) is 19.0. The van der Waals surface area contributed by atoms with Gasteiger partial charge in [-0.1, -0.05) is 43.5 Å². The van der Waals surface area contributed by atoms with E-state index in [-0.39, 0.29) is 5.91 Å². The van der Waals surface area contributed by atoms with E-state index in [1.54, 1.807) is 7.11 Å². The van der Waals surface area contributed by atoms with Crippen LogP contribution in [-0.2, 0) is 16.8 Å². The molecule has 1 saturated carbocycles. The van der Waals surface area contributed by atoms with Crippen LogP contribution in [0.1, 0.15) is 43.2 Å². The molecule has 0 N–H and O–H groups in total. The van der Waals surface area contributed by atoms with Crippen LogP contribution in [-0.4, -0.2) is 13.0 Å². The van der Waals surface area contributed by atoms with E-state index in [2.05, 4.69) is 4.85 Å². The molecular formula is C22H22N2O2. The minimum Gasteiger partial charge on any atom is -0.497 e. The molecule has 0 bridgehead atoms. The van der Waals surface area contributed by atoms with E-state index in [1.165, 1.54) is 6.42 Å². The van der Waals surface area contributed by atoms with Gasteiger partial charge in [0.25, 0.3) is 0 Å². The Hall–Kier alpha value is -2.80. The van der Waals surface area contributed by atoms with Crippen LogP contribution >= 0.6 is 0 Å². The average molecular weight is 346 g/mol. The third-order valence-electron chi connectivity index (χ3n) is 5.78. The maximum atomic E-state index is 13.5. The van der Waals surface area contributed by atoms with Gasteiger partial charge < -0.3 is 9.64 Å². The third-order valence-corrected chi connectivity index (χ3v) is 5.78. The molecular weight excluding hydrogens is 324 g/mol. The Morgan fingerprint density at radius 2 is 1.85 bits per heavy atom. The van der Waals surface area contributed by atoms with Gasteiger partial charge in [-0.15, -0.1) is 0 Å². The fourth-order valence-corrected chi connectivity index (χ4v) is 4.40. The lowest BCUT2D eigenvalue weighted by atomic mass is 9.70. The number of anilines is 1. The van der Waals surface area contributed by atoms with Crippen molar-refractivity contribution in [3.05, 3.63) is 65.0 Å². The summed E-state index contributed by atoms with van der Waals surface area (Å²) >= 11 is 0. The van der Waals surface area contributed by atoms with Crippen molar-refractivity contribution < 1.29 is 9.53 Å². The highest BCUT2D eigenvalue weighted by molar-refractivity contribution is 6.08. The summed E-state index contributed by atoms with van der Waals surface area (Å²) in [7, 11) is 1.65. The number of ether oxygens (including phenoxy) is 1. The molecule has 2 aromatic carbocycles. The number of carbonyl (C=O) groups excluding carboxylic acids is 1. The number of benzene rings is 2. The lowest BCUT2D eigenvalue weighted by Crippen LogP contribution is -2.41. The van der Waals surface area contributed by atoms with Gasteiger partial charge in [0.2, 0.25) is 5.91 Å². The number of carbonyl (C=O) groups is 1. The van der Waals surface area contributed by atoms with Crippen LogP contribution in [0, 0.1) is 6.57 Å². The van der Waals surface area contributed by atoms with Crippen LogP contribution in [0.2, 0.25) is 0 Å². The number of hydrogen-bond acceptors (Lipinski definition) is 2. The van der Waals surface area contributed by atoms with Crippen molar-refractivity contribution in [1.29, 1.82) is 0 Å². The highest BCUT2D eigenvalue weighted by Crippen LogP contribution is 2.51. The van der Waals surface area contributed by atoms with E-state index < -0.39 is 5.41 Å². The van der Waals surface area contributed by atoms with Crippen LogP contribution in [0.4, 0.5) is 11.4 Å². The number of methoxy groups -OCH3 is 1. The highest BCUT2D eigenvalue weighted by atomic mass is 16.5. The fourth-order valence-electron chi connectivity index (χ4n) is 4.40. The summed E-state index contributed by atoms with van der Waals surface area (Å²) in [5, 5.41) is 0. The summed E-state index contributed by atoms with van der Waals surface area (Å²) in [6, 6.07) is 13.6. The van der Waals surface area contributed by atoms with Gasteiger partial charge in [0, 0.05) is 5.69 Å². The molecule has 0 saturated heterocycles. The zero-order valence-electron chi connectivity index (χ0n) is 15.0. The van der Waals surface area contributed by atoms with Gasteiger partial charge in [0.05, 0.1) is 25.6 Å². The Morgan fingerprint density at radius 3 is 2.50 bits per heavy atom. The fraction of sp³-hybridized carbons (Fsp3) is 0.364. The van der Waals surface area contributed by atoms with Crippen molar-refractivity contribution in [2.24, 2.45) is 0 Å². The van der Waals surface area contributed by atoms with E-state index in [9.17, 15) is 4.79 Å². The van der Waals surface area contributed by atoms with Gasteiger partial charge in [-0.2, -0.15) is 0 Å². The van der Waals surface area contributed by atoms with Gasteiger partial charge in [0.1, 0.15) is 5.75 Å². The molecule has 0 unspecified atom stereocenters. The maximum absolute atomic E-state index is 13.5. The Balaban J connectivity index is 1.74. The first-order chi connectivity index (χ1) is 12.7. The summed E-state index contributed by atoms with van der Waals surface area (Å²) in [6.07, 6.45) is 5.11. The second kappa shape index (κ2) is 6.49. The molecule has 132 valence electrons. The van der Waals surface area contributed by atoms with Crippen molar-refractivity contribution in [2.75, 3.05) is 12.0 Å². The molecule has 1 fully saturated rings. The first-order valence-electron chi connectivity index (χ1n) is 9.15. The van der Waals surface area contributed by atoms with Crippen LogP contribution in [0.5, 0.6) is 5.75 Å². The predicted molar refractivity (Wildman–Crippen MR) is 102 cm³/mol. The molecule has 4 rings (SSSR count). The Morgan fingerprint density at radius 1 is 1.12 bits per heavy atom. The topological polar surface area (TPSA) is 33.9 Å². The molecule has 4 heteroatoms. The molecule has 0 aromatic heterocycles. The second-order valence-corrected chi connectivity index (χ2v) is 7.20. The molecule has 1 spiro atoms. The second-order valence-electron chi connectivity index (χ2n) is 7.20. The number of nitrogens with zero attached hydrogens (tertiary/aromatic N) is 2. The Labute approximate surface area is 154 Å². The van der Waals surface area contributed by atoms with E-state index in [0.717, 1.165) is 48.2 Å². The molecule has 4 nitrogen and oxygen atoms in total. The summed E-state index contributed by atoms with van der Waals surface area (Å²) in [6.45, 7) is 7.89. The van der Waals surface area contributed by atoms with Crippen LogP contribution in [0.25, 0.3) is 4.85 Å². The Kier molecular flexibility index (Phi) is 4.16. The summed E-state index contributed by atoms with van der Waals surface area (Å²) in [5.41, 5.74) is 3.30. The van der Waals surface area contributed by atoms with Crippen molar-refractivity contribution in [2.45, 2.75) is 44.1 Å². The van der Waals surface area contributed by atoms with Crippen molar-refractivity contribution >= 4 is 17.3 Å². The molecule has 26 heavy (non-hydrogen) atoms. The lowest BCUT2D eigenvalue weighted by Gasteiger charge is -2.32. The first-order valence-corrected chi connectivity index (χ1v) is 9.15. The van der Waals surface area contributed by atoms with Gasteiger partial charge >= 0.3 is 0 Å². The van der Waals surface area contributed by atoms with Crippen molar-refractivity contribution in [1.82, 2.24) is 0 Å². The van der Waals surface area contributed by atoms with E-state index >= 15 is 0 Å². The standard InChI is InChI=1S/C22H22N2O2/c1-23-17-8-11-20-19(14-17)22(12-4-3-5-13-22)21(25)24(20)15-16-6-9-18(26-2)10-7-16/h6-11,14H,3-5,12-13,15H2,2H3. The molecule has 2 aliphatic rings. The molecule has 0 atom stereocenters. The molecule has 1 heterocycles.